The molecule has 0 amide bonds. The predicted molar refractivity (Wildman–Crippen MR) is 93.0 cm³/mol. The van der Waals surface area contributed by atoms with Crippen LogP contribution in [-0.2, 0) is 14.8 Å². The van der Waals surface area contributed by atoms with Gasteiger partial charge in [-0.25, -0.2) is 8.42 Å². The summed E-state index contributed by atoms with van der Waals surface area (Å²) in [6, 6.07) is 10.6. The Morgan fingerprint density at radius 3 is 2.17 bits per heavy atom. The zero-order valence-electron chi connectivity index (χ0n) is 12.0. The topological polar surface area (TPSA) is 54.5 Å². The van der Waals surface area contributed by atoms with E-state index in [2.05, 4.69) is 0 Å². The molecule has 0 saturated heterocycles. The fraction of sp³-hybridized carbons (Fsp3) is 0.133. The third kappa shape index (κ3) is 4.18. The molecule has 0 bridgehead atoms. The van der Waals surface area contributed by atoms with Crippen LogP contribution in [0.3, 0.4) is 0 Å². The van der Waals surface area contributed by atoms with Crippen molar-refractivity contribution in [1.82, 2.24) is 0 Å². The van der Waals surface area contributed by atoms with Gasteiger partial charge in [0.2, 0.25) is 5.24 Å². The summed E-state index contributed by atoms with van der Waals surface area (Å²) in [4.78, 5) is 11.2. The molecule has 2 aromatic rings. The highest BCUT2D eigenvalue weighted by molar-refractivity contribution is 7.92. The summed E-state index contributed by atoms with van der Waals surface area (Å²) in [6.07, 6.45) is 0. The first-order chi connectivity index (χ1) is 10.7. The molecule has 0 radical (unpaired) electrons. The number of hydrogen-bond donors (Lipinski definition) is 0. The third-order valence-corrected chi connectivity index (χ3v) is 5.70. The second kappa shape index (κ2) is 7.09. The Kier molecular flexibility index (Phi) is 5.57. The van der Waals surface area contributed by atoms with Crippen molar-refractivity contribution in [3.05, 3.63) is 58.1 Å². The number of hydrogen-bond acceptors (Lipinski definition) is 3. The molecule has 0 unspecified atom stereocenters. The van der Waals surface area contributed by atoms with Crippen LogP contribution in [0.2, 0.25) is 10.0 Å². The Morgan fingerprint density at radius 2 is 1.65 bits per heavy atom. The highest BCUT2D eigenvalue weighted by Crippen LogP contribution is 2.29. The van der Waals surface area contributed by atoms with Gasteiger partial charge in [0.05, 0.1) is 20.6 Å². The van der Waals surface area contributed by atoms with Crippen LogP contribution in [0.25, 0.3) is 0 Å². The van der Waals surface area contributed by atoms with Crippen LogP contribution in [0.5, 0.6) is 0 Å². The molecule has 2 aromatic carbocycles. The second-order valence-electron chi connectivity index (χ2n) is 4.78. The molecule has 4 nitrogen and oxygen atoms in total. The molecule has 0 atom stereocenters. The molecule has 0 fully saturated rings. The lowest BCUT2D eigenvalue weighted by Gasteiger charge is -2.23. The molecule has 0 aromatic heterocycles. The number of carbonyl (C=O) groups is 1. The van der Waals surface area contributed by atoms with Gasteiger partial charge in [0.15, 0.2) is 0 Å². The first-order valence-electron chi connectivity index (χ1n) is 6.44. The van der Waals surface area contributed by atoms with E-state index in [1.807, 2.05) is 6.92 Å². The van der Waals surface area contributed by atoms with Crippen LogP contribution in [-0.4, -0.2) is 20.2 Å². The summed E-state index contributed by atoms with van der Waals surface area (Å²) in [7, 11) is -4.02. The summed E-state index contributed by atoms with van der Waals surface area (Å²) in [5, 5.41) is -0.455. The molecule has 0 aliphatic rings. The number of aryl methyl sites for hydroxylation is 1. The molecule has 8 heteroatoms. The minimum atomic E-state index is -4.02. The number of rotatable bonds is 5. The smallest absolute Gasteiger partial charge is 0.264 e. The minimum Gasteiger partial charge on any atom is -0.279 e. The van der Waals surface area contributed by atoms with E-state index in [0.29, 0.717) is 5.69 Å². The molecular formula is C15H12Cl3NO3S. The number of halogens is 3. The van der Waals surface area contributed by atoms with Crippen LogP contribution in [0.15, 0.2) is 47.4 Å². The number of anilines is 1. The quantitative estimate of drug-likeness (QED) is 0.714. The van der Waals surface area contributed by atoms with Crippen LogP contribution >= 0.6 is 34.8 Å². The van der Waals surface area contributed by atoms with E-state index in [-0.39, 0.29) is 14.9 Å². The maximum atomic E-state index is 12.8. The van der Waals surface area contributed by atoms with Gasteiger partial charge in [0, 0.05) is 0 Å². The van der Waals surface area contributed by atoms with E-state index in [4.69, 9.17) is 34.8 Å². The lowest BCUT2D eigenvalue weighted by Crippen LogP contribution is -2.34. The van der Waals surface area contributed by atoms with Gasteiger partial charge < -0.3 is 0 Å². The fourth-order valence-corrected chi connectivity index (χ4v) is 3.90. The number of carbonyl (C=O) groups excluding carboxylic acids is 1. The van der Waals surface area contributed by atoms with Crippen LogP contribution < -0.4 is 4.31 Å². The Morgan fingerprint density at radius 1 is 1.04 bits per heavy atom. The molecule has 0 spiro atoms. The molecular weight excluding hydrogens is 381 g/mol. The van der Waals surface area contributed by atoms with Crippen LogP contribution in [0, 0.1) is 6.92 Å². The largest absolute Gasteiger partial charge is 0.279 e. The maximum absolute atomic E-state index is 12.8. The molecule has 2 rings (SSSR count). The summed E-state index contributed by atoms with van der Waals surface area (Å²) in [6.45, 7) is 1.38. The van der Waals surface area contributed by atoms with Crippen molar-refractivity contribution in [2.24, 2.45) is 0 Å². The number of nitrogens with zero attached hydrogens (tertiary/aromatic N) is 1. The van der Waals surface area contributed by atoms with E-state index in [1.165, 1.54) is 18.2 Å². The summed E-state index contributed by atoms with van der Waals surface area (Å²) in [5.74, 6) is 0. The second-order valence-corrected chi connectivity index (χ2v) is 7.88. The van der Waals surface area contributed by atoms with Crippen molar-refractivity contribution in [2.75, 3.05) is 10.8 Å². The third-order valence-electron chi connectivity index (χ3n) is 3.07. The Balaban J connectivity index is 2.54. The van der Waals surface area contributed by atoms with Crippen molar-refractivity contribution in [3.63, 3.8) is 0 Å². The van der Waals surface area contributed by atoms with Gasteiger partial charge in [-0.15, -0.1) is 0 Å². The van der Waals surface area contributed by atoms with Gasteiger partial charge in [-0.2, -0.15) is 0 Å². The molecule has 0 aliphatic heterocycles. The van der Waals surface area contributed by atoms with E-state index < -0.39 is 21.8 Å². The zero-order chi connectivity index (χ0) is 17.2. The molecule has 0 N–H and O–H groups in total. The van der Waals surface area contributed by atoms with Gasteiger partial charge in [0.1, 0.15) is 6.54 Å². The van der Waals surface area contributed by atoms with Crippen LogP contribution in [0.4, 0.5) is 5.69 Å². The highest BCUT2D eigenvalue weighted by Gasteiger charge is 2.27. The summed E-state index contributed by atoms with van der Waals surface area (Å²) >= 11 is 17.1. The standard InChI is InChI=1S/C15H12Cl3NO3S/c1-10-2-4-11(5-3-10)19(9-15(18)20)23(21,22)12-6-7-13(16)14(17)8-12/h2-8H,9H2,1H3. The maximum Gasteiger partial charge on any atom is 0.264 e. The van der Waals surface area contributed by atoms with Gasteiger partial charge in [0.25, 0.3) is 10.0 Å². The van der Waals surface area contributed by atoms with Gasteiger partial charge in [-0.1, -0.05) is 40.9 Å². The average molecular weight is 393 g/mol. The van der Waals surface area contributed by atoms with Gasteiger partial charge in [-0.05, 0) is 48.9 Å². The summed E-state index contributed by atoms with van der Waals surface area (Å²) < 4.78 is 26.6. The van der Waals surface area contributed by atoms with Crippen molar-refractivity contribution in [3.8, 4) is 0 Å². The average Bonchev–Trinajstić information content (AvgIpc) is 2.48. The van der Waals surface area contributed by atoms with Gasteiger partial charge in [-0.3, -0.25) is 9.10 Å². The molecule has 23 heavy (non-hydrogen) atoms. The number of benzene rings is 2. The lowest BCUT2D eigenvalue weighted by atomic mass is 10.2. The normalized spacial score (nSPS) is 11.3. The lowest BCUT2D eigenvalue weighted by molar-refractivity contribution is -0.110. The molecule has 0 heterocycles. The first kappa shape index (κ1) is 18.1. The molecule has 0 saturated carbocycles. The van der Waals surface area contributed by atoms with Gasteiger partial charge >= 0.3 is 0 Å². The molecule has 122 valence electrons. The van der Waals surface area contributed by atoms with E-state index in [9.17, 15) is 13.2 Å². The van der Waals surface area contributed by atoms with E-state index in [1.54, 1.807) is 24.3 Å². The zero-order valence-corrected chi connectivity index (χ0v) is 15.0. The van der Waals surface area contributed by atoms with Crippen molar-refractivity contribution in [2.45, 2.75) is 11.8 Å². The van der Waals surface area contributed by atoms with Crippen molar-refractivity contribution in [1.29, 1.82) is 0 Å². The fourth-order valence-electron chi connectivity index (χ4n) is 1.90. The Bertz CT molecular complexity index is 836. The van der Waals surface area contributed by atoms with E-state index in [0.717, 1.165) is 9.87 Å². The SMILES string of the molecule is Cc1ccc(N(CC(=O)Cl)S(=O)(=O)c2ccc(Cl)c(Cl)c2)cc1. The predicted octanol–water partition coefficient (Wildman–Crippen LogP) is 4.26. The number of sulfonamides is 1. The first-order valence-corrected chi connectivity index (χ1v) is 9.02. The monoisotopic (exact) mass is 391 g/mol. The van der Waals surface area contributed by atoms with Crippen LogP contribution in [0.1, 0.15) is 5.56 Å². The Labute approximate surface area is 149 Å². The van der Waals surface area contributed by atoms with E-state index >= 15 is 0 Å². The highest BCUT2D eigenvalue weighted by atomic mass is 35.5. The van der Waals surface area contributed by atoms with Crippen molar-refractivity contribution >= 4 is 55.8 Å². The Hall–Kier alpha value is -1.27. The summed E-state index contributed by atoms with van der Waals surface area (Å²) in [5.41, 5.74) is 1.29. The van der Waals surface area contributed by atoms with Crippen molar-refractivity contribution < 1.29 is 13.2 Å². The molecule has 0 aliphatic carbocycles. The minimum absolute atomic E-state index is 0.0783.